The number of hydrogen-bond acceptors (Lipinski definition) is 5. The van der Waals surface area contributed by atoms with Gasteiger partial charge in [-0.05, 0) is 58.5 Å². The number of morpholine rings is 1. The summed E-state index contributed by atoms with van der Waals surface area (Å²) in [5.41, 5.74) is 1.81. The zero-order chi connectivity index (χ0) is 33.0. The summed E-state index contributed by atoms with van der Waals surface area (Å²) < 4.78 is 30.7. The molecule has 8 nitrogen and oxygen atoms in total. The van der Waals surface area contributed by atoms with E-state index in [1.54, 1.807) is 4.67 Å². The minimum atomic E-state index is -3.03. The molecule has 248 valence electrons. The van der Waals surface area contributed by atoms with Gasteiger partial charge in [0.2, 0.25) is 13.4 Å². The highest BCUT2D eigenvalue weighted by molar-refractivity contribution is 7.58. The summed E-state index contributed by atoms with van der Waals surface area (Å²) in [6, 6.07) is 30.2. The van der Waals surface area contributed by atoms with Crippen molar-refractivity contribution < 1.29 is 18.8 Å². The van der Waals surface area contributed by atoms with E-state index in [0.29, 0.717) is 32.8 Å². The van der Waals surface area contributed by atoms with Gasteiger partial charge in [0.05, 0.1) is 18.8 Å². The predicted molar refractivity (Wildman–Crippen MR) is 185 cm³/mol. The number of ether oxygens (including phenoxy) is 2. The first-order valence-electron chi connectivity index (χ1n) is 16.4. The standard InChI is InChI=1S/C37H51N4O4P/c1-30-26-40(36(2,3)4)27-34(45-30)28-44-29-46(43,38(5)6)41-24-22-39(23-25-41)35(42)37(31-16-10-7-11-17-31,32-18-12-8-13-19-32)33-20-14-9-15-21-33/h7-21,30,34H,22-29H2,1-6H3. The van der Waals surface area contributed by atoms with E-state index in [9.17, 15) is 9.36 Å². The summed E-state index contributed by atoms with van der Waals surface area (Å²) in [4.78, 5) is 19.3. The van der Waals surface area contributed by atoms with Crippen molar-refractivity contribution in [2.75, 3.05) is 66.3 Å². The number of piperazine rings is 1. The Hall–Kier alpha value is -2.84. The lowest BCUT2D eigenvalue weighted by Gasteiger charge is -2.45. The Morgan fingerprint density at radius 1 is 0.826 bits per heavy atom. The molecule has 9 heteroatoms. The van der Waals surface area contributed by atoms with Gasteiger partial charge in [-0.15, -0.1) is 0 Å². The maximum atomic E-state index is 15.0. The average molecular weight is 647 g/mol. The van der Waals surface area contributed by atoms with Crippen molar-refractivity contribution in [2.24, 2.45) is 0 Å². The Morgan fingerprint density at radius 2 is 1.30 bits per heavy atom. The molecule has 2 fully saturated rings. The van der Waals surface area contributed by atoms with Crippen molar-refractivity contribution in [3.05, 3.63) is 108 Å². The van der Waals surface area contributed by atoms with Gasteiger partial charge >= 0.3 is 0 Å². The fourth-order valence-electron chi connectivity index (χ4n) is 6.82. The van der Waals surface area contributed by atoms with Crippen LogP contribution in [0.4, 0.5) is 0 Å². The minimum Gasteiger partial charge on any atom is -0.370 e. The fraction of sp³-hybridized carbons (Fsp3) is 0.486. The van der Waals surface area contributed by atoms with Gasteiger partial charge in [0.1, 0.15) is 11.8 Å². The number of carbonyl (C=O) groups is 1. The summed E-state index contributed by atoms with van der Waals surface area (Å²) in [5, 5.41) is 0. The lowest BCUT2D eigenvalue weighted by Crippen LogP contribution is -2.55. The molecule has 2 heterocycles. The molecule has 2 aliphatic rings. The number of rotatable bonds is 10. The Balaban J connectivity index is 1.33. The van der Waals surface area contributed by atoms with Crippen molar-refractivity contribution in [1.29, 1.82) is 0 Å². The van der Waals surface area contributed by atoms with Crippen molar-refractivity contribution in [1.82, 2.24) is 19.1 Å². The summed E-state index contributed by atoms with van der Waals surface area (Å²) in [7, 11) is 0.678. The van der Waals surface area contributed by atoms with Gasteiger partial charge in [-0.1, -0.05) is 91.0 Å². The Morgan fingerprint density at radius 3 is 1.74 bits per heavy atom. The summed E-state index contributed by atoms with van der Waals surface area (Å²) in [6.45, 7) is 12.7. The molecule has 0 N–H and O–H groups in total. The van der Waals surface area contributed by atoms with Crippen LogP contribution in [0.3, 0.4) is 0 Å². The Bertz CT molecular complexity index is 1360. The maximum absolute atomic E-state index is 15.0. The average Bonchev–Trinajstić information content (AvgIpc) is 3.06. The van der Waals surface area contributed by atoms with Gasteiger partial charge in [0, 0.05) is 44.8 Å². The predicted octanol–water partition coefficient (Wildman–Crippen LogP) is 5.78. The quantitative estimate of drug-likeness (QED) is 0.204. The van der Waals surface area contributed by atoms with Crippen LogP contribution in [0.5, 0.6) is 0 Å². The van der Waals surface area contributed by atoms with Crippen LogP contribution in [0.25, 0.3) is 0 Å². The molecule has 3 aromatic carbocycles. The number of hydrogen-bond donors (Lipinski definition) is 0. The zero-order valence-corrected chi connectivity index (χ0v) is 29.2. The normalized spacial score (nSPS) is 21.7. The zero-order valence-electron chi connectivity index (χ0n) is 28.3. The summed E-state index contributed by atoms with van der Waals surface area (Å²) in [5.74, 6) is 0.0265. The topological polar surface area (TPSA) is 65.6 Å². The van der Waals surface area contributed by atoms with E-state index in [1.165, 1.54) is 0 Å². The number of nitrogens with zero attached hydrogens (tertiary/aromatic N) is 4. The largest absolute Gasteiger partial charge is 0.370 e. The van der Waals surface area contributed by atoms with E-state index >= 15 is 0 Å². The third-order valence-corrected chi connectivity index (χ3v) is 12.4. The maximum Gasteiger partial charge on any atom is 0.242 e. The van der Waals surface area contributed by atoms with Crippen LogP contribution in [0.2, 0.25) is 0 Å². The molecular formula is C37H51N4O4P. The van der Waals surface area contributed by atoms with E-state index < -0.39 is 12.9 Å². The highest BCUT2D eigenvalue weighted by Gasteiger charge is 2.47. The van der Waals surface area contributed by atoms with E-state index in [2.05, 4.69) is 32.6 Å². The molecule has 0 aliphatic carbocycles. The SMILES string of the molecule is CC1CN(C(C)(C)C)CC(COCP(=O)(N(C)C)N2CCN(C(=O)C(c3ccccc3)(c3ccccc3)c3ccccc3)CC2)O1. The van der Waals surface area contributed by atoms with Crippen molar-refractivity contribution in [3.8, 4) is 0 Å². The molecule has 0 aromatic heterocycles. The molecule has 3 aromatic rings. The molecule has 1 amide bonds. The molecule has 0 saturated carbocycles. The molecule has 5 rings (SSSR count). The number of benzene rings is 3. The van der Waals surface area contributed by atoms with E-state index in [-0.39, 0.29) is 30.0 Å². The third-order valence-electron chi connectivity index (χ3n) is 9.39. The molecular weight excluding hydrogens is 595 g/mol. The van der Waals surface area contributed by atoms with E-state index in [0.717, 1.165) is 29.8 Å². The second-order valence-corrected chi connectivity index (χ2v) is 16.7. The minimum absolute atomic E-state index is 0.0265. The Kier molecular flexibility index (Phi) is 10.9. The third kappa shape index (κ3) is 7.18. The van der Waals surface area contributed by atoms with Crippen LogP contribution in [-0.4, -0.2) is 109 Å². The molecule has 2 aliphatic heterocycles. The molecule has 46 heavy (non-hydrogen) atoms. The van der Waals surface area contributed by atoms with Crippen molar-refractivity contribution >= 4 is 13.4 Å². The number of amides is 1. The summed E-state index contributed by atoms with van der Waals surface area (Å²) >= 11 is 0. The number of carbonyl (C=O) groups excluding carboxylic acids is 1. The van der Waals surface area contributed by atoms with E-state index in [4.69, 9.17) is 9.47 Å². The van der Waals surface area contributed by atoms with Gasteiger partial charge in [-0.2, -0.15) is 0 Å². The van der Waals surface area contributed by atoms with Gasteiger partial charge in [0.15, 0.2) is 0 Å². The fourth-order valence-corrected chi connectivity index (χ4v) is 8.87. The first kappa shape index (κ1) is 34.5. The van der Waals surface area contributed by atoms with Crippen molar-refractivity contribution in [2.45, 2.75) is 50.9 Å². The van der Waals surface area contributed by atoms with Crippen LogP contribution >= 0.6 is 7.44 Å². The van der Waals surface area contributed by atoms with Crippen LogP contribution < -0.4 is 0 Å². The molecule has 0 spiro atoms. The van der Waals surface area contributed by atoms with Gasteiger partial charge < -0.3 is 14.4 Å². The monoisotopic (exact) mass is 646 g/mol. The second kappa shape index (κ2) is 14.5. The highest BCUT2D eigenvalue weighted by Crippen LogP contribution is 2.52. The van der Waals surface area contributed by atoms with Gasteiger partial charge in [0.25, 0.3) is 0 Å². The molecule has 0 radical (unpaired) electrons. The lowest BCUT2D eigenvalue weighted by molar-refractivity contribution is -0.135. The first-order valence-corrected chi connectivity index (χ1v) is 18.2. The molecule has 3 unspecified atom stereocenters. The van der Waals surface area contributed by atoms with E-state index in [1.807, 2.05) is 115 Å². The van der Waals surface area contributed by atoms with Crippen LogP contribution in [0.1, 0.15) is 44.4 Å². The van der Waals surface area contributed by atoms with Crippen LogP contribution in [0, 0.1) is 0 Å². The summed E-state index contributed by atoms with van der Waals surface area (Å²) in [6.07, 6.45) is 0.150. The highest BCUT2D eigenvalue weighted by atomic mass is 31.2. The van der Waals surface area contributed by atoms with Gasteiger partial charge in [-0.25, -0.2) is 9.34 Å². The first-order chi connectivity index (χ1) is 22.0. The molecule has 3 atom stereocenters. The van der Waals surface area contributed by atoms with Crippen LogP contribution in [-0.2, 0) is 24.2 Å². The van der Waals surface area contributed by atoms with Crippen LogP contribution in [0.15, 0.2) is 91.0 Å². The van der Waals surface area contributed by atoms with Crippen molar-refractivity contribution in [3.63, 3.8) is 0 Å². The second-order valence-electron chi connectivity index (χ2n) is 13.8. The van der Waals surface area contributed by atoms with Gasteiger partial charge in [-0.3, -0.25) is 14.3 Å². The molecule has 0 bridgehead atoms. The Labute approximate surface area is 275 Å². The lowest BCUT2D eigenvalue weighted by atomic mass is 9.68. The molecule has 2 saturated heterocycles. The smallest absolute Gasteiger partial charge is 0.242 e.